The molecule has 0 aliphatic heterocycles. The predicted octanol–water partition coefficient (Wildman–Crippen LogP) is 2.25. The Morgan fingerprint density at radius 3 is 2.27 bits per heavy atom. The highest BCUT2D eigenvalue weighted by atomic mass is 15.1. The van der Waals surface area contributed by atoms with Gasteiger partial charge in [0, 0.05) is 25.5 Å². The zero-order valence-electron chi connectivity index (χ0n) is 10.5. The van der Waals surface area contributed by atoms with Gasteiger partial charge in [-0.3, -0.25) is 0 Å². The van der Waals surface area contributed by atoms with Crippen LogP contribution in [0.3, 0.4) is 0 Å². The quantitative estimate of drug-likeness (QED) is 0.824. The summed E-state index contributed by atoms with van der Waals surface area (Å²) >= 11 is 0. The minimum Gasteiger partial charge on any atom is -0.331 e. The van der Waals surface area contributed by atoms with Gasteiger partial charge >= 0.3 is 0 Å². The maximum atomic E-state index is 4.08. The lowest BCUT2D eigenvalue weighted by molar-refractivity contribution is 0.298. The SMILES string of the molecule is CC(C)(C)CNCC(C)(C)n1ccnc1. The largest absolute Gasteiger partial charge is 0.331 e. The third-order valence-electron chi connectivity index (χ3n) is 2.42. The fourth-order valence-corrected chi connectivity index (χ4v) is 1.45. The van der Waals surface area contributed by atoms with Gasteiger partial charge in [0.2, 0.25) is 0 Å². The van der Waals surface area contributed by atoms with Crippen molar-refractivity contribution in [3.8, 4) is 0 Å². The van der Waals surface area contributed by atoms with Gasteiger partial charge in [0.05, 0.1) is 11.9 Å². The van der Waals surface area contributed by atoms with E-state index in [1.54, 1.807) is 0 Å². The van der Waals surface area contributed by atoms with Crippen LogP contribution in [-0.2, 0) is 5.54 Å². The predicted molar refractivity (Wildman–Crippen MR) is 63.9 cm³/mol. The molecule has 15 heavy (non-hydrogen) atoms. The lowest BCUT2D eigenvalue weighted by Gasteiger charge is -2.29. The molecule has 0 fully saturated rings. The van der Waals surface area contributed by atoms with Crippen molar-refractivity contribution >= 4 is 0 Å². The smallest absolute Gasteiger partial charge is 0.0951 e. The summed E-state index contributed by atoms with van der Waals surface area (Å²) in [4.78, 5) is 4.08. The normalized spacial score (nSPS) is 13.1. The Morgan fingerprint density at radius 2 is 1.80 bits per heavy atom. The number of nitrogens with one attached hydrogen (secondary N) is 1. The Bertz CT molecular complexity index is 280. The van der Waals surface area contributed by atoms with Crippen LogP contribution in [0.1, 0.15) is 34.6 Å². The molecule has 0 bridgehead atoms. The van der Waals surface area contributed by atoms with Crippen molar-refractivity contribution < 1.29 is 0 Å². The van der Waals surface area contributed by atoms with Crippen LogP contribution in [0.15, 0.2) is 18.7 Å². The topological polar surface area (TPSA) is 29.9 Å². The first-order valence-corrected chi connectivity index (χ1v) is 5.50. The van der Waals surface area contributed by atoms with Crippen molar-refractivity contribution in [2.24, 2.45) is 5.41 Å². The van der Waals surface area contributed by atoms with Gasteiger partial charge in [-0.05, 0) is 19.3 Å². The Labute approximate surface area is 92.9 Å². The molecule has 1 rings (SSSR count). The van der Waals surface area contributed by atoms with E-state index in [-0.39, 0.29) is 5.54 Å². The van der Waals surface area contributed by atoms with E-state index in [2.05, 4.69) is 49.5 Å². The maximum Gasteiger partial charge on any atom is 0.0951 e. The highest BCUT2D eigenvalue weighted by Crippen LogP contribution is 2.15. The van der Waals surface area contributed by atoms with Crippen molar-refractivity contribution in [2.75, 3.05) is 13.1 Å². The highest BCUT2D eigenvalue weighted by Gasteiger charge is 2.20. The summed E-state index contributed by atoms with van der Waals surface area (Å²) in [5, 5.41) is 3.51. The van der Waals surface area contributed by atoms with E-state index >= 15 is 0 Å². The Morgan fingerprint density at radius 1 is 1.13 bits per heavy atom. The van der Waals surface area contributed by atoms with E-state index in [0.29, 0.717) is 5.41 Å². The van der Waals surface area contributed by atoms with E-state index in [4.69, 9.17) is 0 Å². The number of rotatable bonds is 4. The van der Waals surface area contributed by atoms with Crippen LogP contribution in [0.2, 0.25) is 0 Å². The Kier molecular flexibility index (Phi) is 3.55. The molecule has 3 nitrogen and oxygen atoms in total. The van der Waals surface area contributed by atoms with Crippen LogP contribution in [-0.4, -0.2) is 22.6 Å². The van der Waals surface area contributed by atoms with Gasteiger partial charge < -0.3 is 9.88 Å². The second kappa shape index (κ2) is 4.35. The van der Waals surface area contributed by atoms with Crippen LogP contribution < -0.4 is 5.32 Å². The molecule has 3 heteroatoms. The molecule has 1 N–H and O–H groups in total. The second-order valence-corrected chi connectivity index (χ2v) is 5.95. The number of aromatic nitrogens is 2. The fraction of sp³-hybridized carbons (Fsp3) is 0.750. The zero-order chi connectivity index (χ0) is 11.5. The van der Waals surface area contributed by atoms with Crippen molar-refractivity contribution in [1.29, 1.82) is 0 Å². The maximum absolute atomic E-state index is 4.08. The molecule has 0 radical (unpaired) electrons. The van der Waals surface area contributed by atoms with Gasteiger partial charge in [-0.1, -0.05) is 20.8 Å². The molecule has 86 valence electrons. The summed E-state index contributed by atoms with van der Waals surface area (Å²) in [6, 6.07) is 0. The second-order valence-electron chi connectivity index (χ2n) is 5.95. The molecule has 1 aromatic heterocycles. The summed E-state index contributed by atoms with van der Waals surface area (Å²) in [6.45, 7) is 13.1. The lowest BCUT2D eigenvalue weighted by atomic mass is 9.96. The van der Waals surface area contributed by atoms with Crippen molar-refractivity contribution in [1.82, 2.24) is 14.9 Å². The van der Waals surface area contributed by atoms with E-state index in [0.717, 1.165) is 13.1 Å². The first-order chi connectivity index (χ1) is 6.81. The van der Waals surface area contributed by atoms with Gasteiger partial charge in [0.15, 0.2) is 0 Å². The summed E-state index contributed by atoms with van der Waals surface area (Å²) in [5.74, 6) is 0. The van der Waals surface area contributed by atoms with E-state index in [9.17, 15) is 0 Å². The minimum atomic E-state index is 0.0851. The summed E-state index contributed by atoms with van der Waals surface area (Å²) in [5.41, 5.74) is 0.423. The monoisotopic (exact) mass is 209 g/mol. The molecular formula is C12H23N3. The third kappa shape index (κ3) is 4.04. The van der Waals surface area contributed by atoms with Crippen LogP contribution in [0.25, 0.3) is 0 Å². The first kappa shape index (κ1) is 12.2. The van der Waals surface area contributed by atoms with Gasteiger partial charge in [-0.2, -0.15) is 0 Å². The van der Waals surface area contributed by atoms with Crippen molar-refractivity contribution in [3.63, 3.8) is 0 Å². The van der Waals surface area contributed by atoms with E-state index < -0.39 is 0 Å². The van der Waals surface area contributed by atoms with Crippen molar-refractivity contribution in [2.45, 2.75) is 40.2 Å². The van der Waals surface area contributed by atoms with E-state index in [1.807, 2.05) is 18.7 Å². The van der Waals surface area contributed by atoms with Crippen LogP contribution in [0.4, 0.5) is 0 Å². The van der Waals surface area contributed by atoms with Gasteiger partial charge in [0.1, 0.15) is 0 Å². The number of hydrogen-bond donors (Lipinski definition) is 1. The minimum absolute atomic E-state index is 0.0851. The van der Waals surface area contributed by atoms with Crippen LogP contribution in [0, 0.1) is 5.41 Å². The molecule has 1 aromatic rings. The highest BCUT2D eigenvalue weighted by molar-refractivity contribution is 4.87. The number of imidazole rings is 1. The standard InChI is InChI=1S/C12H23N3/c1-11(2,3)8-14-9-12(4,5)15-7-6-13-10-15/h6-7,10,14H,8-9H2,1-5H3. The fourth-order valence-electron chi connectivity index (χ4n) is 1.45. The van der Waals surface area contributed by atoms with E-state index in [1.165, 1.54) is 0 Å². The molecule has 0 aliphatic carbocycles. The molecule has 0 aromatic carbocycles. The van der Waals surface area contributed by atoms with Gasteiger partial charge in [0.25, 0.3) is 0 Å². The number of nitrogens with zero attached hydrogens (tertiary/aromatic N) is 2. The molecule has 0 spiro atoms. The molecular weight excluding hydrogens is 186 g/mol. The van der Waals surface area contributed by atoms with Crippen LogP contribution >= 0.6 is 0 Å². The molecule has 0 aliphatic rings. The third-order valence-corrected chi connectivity index (χ3v) is 2.42. The molecule has 1 heterocycles. The molecule has 0 atom stereocenters. The molecule has 0 unspecified atom stereocenters. The average molecular weight is 209 g/mol. The molecule has 0 saturated heterocycles. The Balaban J connectivity index is 2.44. The summed E-state index contributed by atoms with van der Waals surface area (Å²) < 4.78 is 2.14. The average Bonchev–Trinajstić information content (AvgIpc) is 2.52. The zero-order valence-corrected chi connectivity index (χ0v) is 10.5. The van der Waals surface area contributed by atoms with Gasteiger partial charge in [-0.15, -0.1) is 0 Å². The lowest BCUT2D eigenvalue weighted by Crippen LogP contribution is -2.40. The summed E-state index contributed by atoms with van der Waals surface area (Å²) in [7, 11) is 0. The van der Waals surface area contributed by atoms with Gasteiger partial charge in [-0.25, -0.2) is 4.98 Å². The van der Waals surface area contributed by atoms with Crippen molar-refractivity contribution in [3.05, 3.63) is 18.7 Å². The van der Waals surface area contributed by atoms with Crippen LogP contribution in [0.5, 0.6) is 0 Å². The Hall–Kier alpha value is -0.830. The molecule has 0 amide bonds. The molecule has 0 saturated carbocycles. The summed E-state index contributed by atoms with van der Waals surface area (Å²) in [6.07, 6.45) is 5.71. The first-order valence-electron chi connectivity index (χ1n) is 5.50. The number of hydrogen-bond acceptors (Lipinski definition) is 2.